The van der Waals surface area contributed by atoms with Crippen LogP contribution in [-0.4, -0.2) is 36.1 Å². The van der Waals surface area contributed by atoms with Crippen LogP contribution in [0.3, 0.4) is 0 Å². The summed E-state index contributed by atoms with van der Waals surface area (Å²) in [4.78, 5) is 21.3. The van der Waals surface area contributed by atoms with Crippen molar-refractivity contribution >= 4 is 17.4 Å². The molecule has 0 spiro atoms. The summed E-state index contributed by atoms with van der Waals surface area (Å²) >= 11 is 0. The normalized spacial score (nSPS) is 14.0. The van der Waals surface area contributed by atoms with Crippen LogP contribution in [0.25, 0.3) is 11.3 Å². The van der Waals surface area contributed by atoms with E-state index in [-0.39, 0.29) is 28.2 Å². The lowest BCUT2D eigenvalue weighted by Crippen LogP contribution is -2.18. The van der Waals surface area contributed by atoms with Crippen molar-refractivity contribution in [3.05, 3.63) is 64.5 Å². The number of anilines is 2. The predicted octanol–water partition coefficient (Wildman–Crippen LogP) is 4.39. The van der Waals surface area contributed by atoms with E-state index < -0.39 is 17.5 Å². The van der Waals surface area contributed by atoms with Gasteiger partial charge in [0.05, 0.1) is 5.56 Å². The summed E-state index contributed by atoms with van der Waals surface area (Å²) in [5.41, 5.74) is 9.07. The molecule has 3 aromatic rings. The molecule has 184 valence electrons. The van der Waals surface area contributed by atoms with E-state index in [1.54, 1.807) is 20.0 Å². The summed E-state index contributed by atoms with van der Waals surface area (Å²) in [6.45, 7) is 6.69. The fourth-order valence-corrected chi connectivity index (χ4v) is 4.43. The van der Waals surface area contributed by atoms with Crippen molar-refractivity contribution in [1.82, 2.24) is 15.3 Å². The third kappa shape index (κ3) is 4.81. The first-order valence-electron chi connectivity index (χ1n) is 11.4. The fourth-order valence-electron chi connectivity index (χ4n) is 4.43. The molecule has 0 atom stereocenters. The van der Waals surface area contributed by atoms with E-state index in [1.807, 2.05) is 0 Å². The SMILES string of the molecule is CNCCOc1c(N)ncnc1-c1cc(F)cc(NC(=O)c2cc3c(cc2F)C(C)(C)CC3)c1C. The number of fused-ring (bicyclic) bond motifs is 1. The van der Waals surface area contributed by atoms with Gasteiger partial charge in [-0.25, -0.2) is 18.7 Å². The van der Waals surface area contributed by atoms with Crippen molar-refractivity contribution < 1.29 is 18.3 Å². The molecule has 0 saturated heterocycles. The third-order valence-electron chi connectivity index (χ3n) is 6.49. The molecular weight excluding hydrogens is 452 g/mol. The summed E-state index contributed by atoms with van der Waals surface area (Å²) in [5.74, 6) is -1.52. The van der Waals surface area contributed by atoms with Crippen molar-refractivity contribution in [2.24, 2.45) is 0 Å². The lowest BCUT2D eigenvalue weighted by atomic mass is 9.86. The number of likely N-dealkylation sites (N-methyl/N-ethyl adjacent to an activating group) is 1. The number of benzene rings is 2. The molecule has 35 heavy (non-hydrogen) atoms. The summed E-state index contributed by atoms with van der Waals surface area (Å²) in [6, 6.07) is 5.52. The molecule has 0 unspecified atom stereocenters. The van der Waals surface area contributed by atoms with Crippen LogP contribution in [0.4, 0.5) is 20.3 Å². The number of hydrogen-bond donors (Lipinski definition) is 3. The van der Waals surface area contributed by atoms with Gasteiger partial charge >= 0.3 is 0 Å². The number of ether oxygens (including phenoxy) is 1. The van der Waals surface area contributed by atoms with Crippen LogP contribution in [0.5, 0.6) is 5.75 Å². The van der Waals surface area contributed by atoms with E-state index in [1.165, 1.54) is 24.5 Å². The summed E-state index contributed by atoms with van der Waals surface area (Å²) in [7, 11) is 1.78. The van der Waals surface area contributed by atoms with Crippen molar-refractivity contribution in [1.29, 1.82) is 0 Å². The molecule has 2 aromatic carbocycles. The van der Waals surface area contributed by atoms with Gasteiger partial charge in [0, 0.05) is 17.8 Å². The van der Waals surface area contributed by atoms with Crippen LogP contribution in [0.15, 0.2) is 30.6 Å². The standard InChI is InChI=1S/C26H29F2N5O2/c1-14-17(22-23(35-8-7-30-4)24(29)32-13-31-22)10-16(27)11-21(14)33-25(34)18-9-15-5-6-26(2,3)19(15)12-20(18)28/h9-13,30H,5-8H2,1-4H3,(H,33,34)(H2,29,31,32). The Hall–Kier alpha value is -3.59. The minimum atomic E-state index is -0.651. The number of carbonyl (C=O) groups excluding carboxylic acids is 1. The molecule has 1 aliphatic carbocycles. The molecule has 1 heterocycles. The number of aromatic nitrogens is 2. The number of nitrogens with one attached hydrogen (secondary N) is 2. The number of nitrogen functional groups attached to an aromatic ring is 1. The maximum absolute atomic E-state index is 14.9. The zero-order chi connectivity index (χ0) is 25.3. The van der Waals surface area contributed by atoms with E-state index in [0.717, 1.165) is 24.0 Å². The molecule has 0 fully saturated rings. The first-order valence-corrected chi connectivity index (χ1v) is 11.4. The van der Waals surface area contributed by atoms with Gasteiger partial charge in [-0.1, -0.05) is 13.8 Å². The minimum absolute atomic E-state index is 0.0750. The Morgan fingerprint density at radius 3 is 2.71 bits per heavy atom. The van der Waals surface area contributed by atoms with Crippen molar-refractivity contribution in [3.8, 4) is 17.0 Å². The molecule has 0 radical (unpaired) electrons. The van der Waals surface area contributed by atoms with E-state index in [9.17, 15) is 13.6 Å². The highest BCUT2D eigenvalue weighted by Gasteiger charge is 2.32. The van der Waals surface area contributed by atoms with Crippen molar-refractivity contribution in [2.75, 3.05) is 31.2 Å². The van der Waals surface area contributed by atoms with E-state index in [0.29, 0.717) is 30.0 Å². The second-order valence-electron chi connectivity index (χ2n) is 9.34. The van der Waals surface area contributed by atoms with Crippen LogP contribution in [0, 0.1) is 18.6 Å². The molecule has 4 rings (SSSR count). The van der Waals surface area contributed by atoms with Gasteiger partial charge in [0.15, 0.2) is 11.6 Å². The molecule has 1 amide bonds. The van der Waals surface area contributed by atoms with Gasteiger partial charge in [0.25, 0.3) is 5.91 Å². The lowest BCUT2D eigenvalue weighted by Gasteiger charge is -2.19. The van der Waals surface area contributed by atoms with Crippen LogP contribution >= 0.6 is 0 Å². The largest absolute Gasteiger partial charge is 0.486 e. The highest BCUT2D eigenvalue weighted by Crippen LogP contribution is 2.40. The summed E-state index contributed by atoms with van der Waals surface area (Å²) in [6.07, 6.45) is 2.93. The minimum Gasteiger partial charge on any atom is -0.486 e. The first-order chi connectivity index (χ1) is 16.6. The molecular formula is C26H29F2N5O2. The topological polar surface area (TPSA) is 102 Å². The summed E-state index contributed by atoms with van der Waals surface area (Å²) < 4.78 is 35.4. The molecule has 4 N–H and O–H groups in total. The van der Waals surface area contributed by atoms with Crippen molar-refractivity contribution in [3.63, 3.8) is 0 Å². The highest BCUT2D eigenvalue weighted by molar-refractivity contribution is 6.05. The number of hydrogen-bond acceptors (Lipinski definition) is 6. The summed E-state index contributed by atoms with van der Waals surface area (Å²) in [5, 5.41) is 5.64. The molecule has 0 saturated carbocycles. The van der Waals surface area contributed by atoms with E-state index in [2.05, 4.69) is 34.4 Å². The monoisotopic (exact) mass is 481 g/mol. The number of amides is 1. The average molecular weight is 482 g/mol. The number of aryl methyl sites for hydroxylation is 1. The Balaban J connectivity index is 1.69. The molecule has 1 aromatic heterocycles. The van der Waals surface area contributed by atoms with E-state index >= 15 is 0 Å². The average Bonchev–Trinajstić information content (AvgIpc) is 3.10. The molecule has 0 bridgehead atoms. The van der Waals surface area contributed by atoms with E-state index in [4.69, 9.17) is 10.5 Å². The Bertz CT molecular complexity index is 1290. The number of rotatable bonds is 7. The molecule has 9 heteroatoms. The molecule has 1 aliphatic rings. The Morgan fingerprint density at radius 2 is 1.97 bits per heavy atom. The predicted molar refractivity (Wildman–Crippen MR) is 132 cm³/mol. The van der Waals surface area contributed by atoms with Gasteiger partial charge < -0.3 is 21.1 Å². The lowest BCUT2D eigenvalue weighted by molar-refractivity contribution is 0.102. The van der Waals surface area contributed by atoms with Gasteiger partial charge in [0.1, 0.15) is 30.3 Å². The number of nitrogens with two attached hydrogens (primary N) is 1. The second kappa shape index (κ2) is 9.58. The first kappa shape index (κ1) is 24.5. The smallest absolute Gasteiger partial charge is 0.258 e. The van der Waals surface area contributed by atoms with Crippen LogP contribution in [0.2, 0.25) is 0 Å². The van der Waals surface area contributed by atoms with Crippen LogP contribution < -0.4 is 21.1 Å². The highest BCUT2D eigenvalue weighted by atomic mass is 19.1. The number of halogens is 2. The Kier molecular flexibility index (Phi) is 6.71. The molecule has 7 nitrogen and oxygen atoms in total. The Labute approximate surface area is 203 Å². The zero-order valence-electron chi connectivity index (χ0n) is 20.3. The van der Waals surface area contributed by atoms with Crippen LogP contribution in [0.1, 0.15) is 47.3 Å². The second-order valence-corrected chi connectivity index (χ2v) is 9.34. The van der Waals surface area contributed by atoms with Gasteiger partial charge in [-0.15, -0.1) is 0 Å². The quantitative estimate of drug-likeness (QED) is 0.433. The zero-order valence-corrected chi connectivity index (χ0v) is 20.3. The van der Waals surface area contributed by atoms with Crippen LogP contribution in [-0.2, 0) is 11.8 Å². The van der Waals surface area contributed by atoms with Gasteiger partial charge in [0.2, 0.25) is 0 Å². The van der Waals surface area contributed by atoms with Crippen molar-refractivity contribution in [2.45, 2.75) is 39.0 Å². The number of carbonyl (C=O) groups is 1. The van der Waals surface area contributed by atoms with Gasteiger partial charge in [-0.2, -0.15) is 0 Å². The maximum atomic E-state index is 14.9. The van der Waals surface area contributed by atoms with Gasteiger partial charge in [-0.05, 0) is 73.2 Å². The Morgan fingerprint density at radius 1 is 1.20 bits per heavy atom. The maximum Gasteiger partial charge on any atom is 0.258 e. The van der Waals surface area contributed by atoms with Gasteiger partial charge in [-0.3, -0.25) is 4.79 Å². The third-order valence-corrected chi connectivity index (χ3v) is 6.49. The fraction of sp³-hybridized carbons (Fsp3) is 0.346. The molecule has 0 aliphatic heterocycles. The number of nitrogens with zero attached hydrogens (tertiary/aromatic N) is 2.